The maximum absolute atomic E-state index is 13.4. The molecule has 1 aliphatic rings. The van der Waals surface area contributed by atoms with Gasteiger partial charge in [-0.05, 0) is 38.0 Å². The maximum Gasteiger partial charge on any atom is 0.251 e. The van der Waals surface area contributed by atoms with Crippen LogP contribution in [0.2, 0.25) is 0 Å². The van der Waals surface area contributed by atoms with Crippen LogP contribution in [-0.4, -0.2) is 29.8 Å². The zero-order chi connectivity index (χ0) is 13.3. The first-order chi connectivity index (χ1) is 8.41. The van der Waals surface area contributed by atoms with E-state index >= 15 is 0 Å². The van der Waals surface area contributed by atoms with Crippen LogP contribution in [0.15, 0.2) is 18.2 Å². The van der Waals surface area contributed by atoms with Gasteiger partial charge in [-0.15, -0.1) is 0 Å². The summed E-state index contributed by atoms with van der Waals surface area (Å²) in [6.07, 6.45) is 1.05. The van der Waals surface area contributed by atoms with Crippen LogP contribution in [0.5, 0.6) is 5.75 Å². The van der Waals surface area contributed by atoms with Crippen LogP contribution in [0.25, 0.3) is 0 Å². The van der Waals surface area contributed by atoms with Gasteiger partial charge in [0.1, 0.15) is 0 Å². The molecule has 1 fully saturated rings. The normalized spacial score (nSPS) is 26.3. The molecule has 1 aromatic rings. The quantitative estimate of drug-likeness (QED) is 0.857. The second-order valence-corrected chi connectivity index (χ2v) is 4.92. The zero-order valence-electron chi connectivity index (χ0n) is 10.4. The molecule has 0 radical (unpaired) electrons. The molecule has 1 aromatic carbocycles. The third kappa shape index (κ3) is 2.61. The summed E-state index contributed by atoms with van der Waals surface area (Å²) in [6, 6.07) is 4.03. The van der Waals surface area contributed by atoms with Crippen LogP contribution in [0.4, 0.5) is 4.39 Å². The number of carbonyl (C=O) groups excluding carboxylic acids is 1. The molecule has 1 amide bonds. The fourth-order valence-electron chi connectivity index (χ4n) is 2.18. The lowest BCUT2D eigenvalue weighted by Gasteiger charge is -2.41. The van der Waals surface area contributed by atoms with Crippen LogP contribution >= 0.6 is 0 Å². The van der Waals surface area contributed by atoms with Gasteiger partial charge < -0.3 is 15.2 Å². The van der Waals surface area contributed by atoms with E-state index in [-0.39, 0.29) is 23.3 Å². The Kier molecular flexibility index (Phi) is 3.26. The Morgan fingerprint density at radius 2 is 2.22 bits per heavy atom. The van der Waals surface area contributed by atoms with Gasteiger partial charge in [0, 0.05) is 11.6 Å². The lowest BCUT2D eigenvalue weighted by atomic mass is 9.77. The van der Waals surface area contributed by atoms with Crippen molar-refractivity contribution in [1.82, 2.24) is 5.32 Å². The standard InChI is InChI=1S/C13H16FNO3/c1-13(17)6-9(7-13)15-12(16)8-3-4-11(18-2)10(14)5-8/h3-5,9,17H,6-7H2,1-2H3,(H,15,16). The molecule has 1 saturated carbocycles. The van der Waals surface area contributed by atoms with Crippen LogP contribution in [-0.2, 0) is 0 Å². The fraction of sp³-hybridized carbons (Fsp3) is 0.462. The maximum atomic E-state index is 13.4. The lowest BCUT2D eigenvalue weighted by molar-refractivity contribution is -0.0366. The van der Waals surface area contributed by atoms with E-state index in [1.165, 1.54) is 19.2 Å². The lowest BCUT2D eigenvalue weighted by Crippen LogP contribution is -2.53. The number of carbonyl (C=O) groups is 1. The van der Waals surface area contributed by atoms with Gasteiger partial charge >= 0.3 is 0 Å². The topological polar surface area (TPSA) is 58.6 Å². The molecule has 0 heterocycles. The summed E-state index contributed by atoms with van der Waals surface area (Å²) in [7, 11) is 1.37. The van der Waals surface area contributed by atoms with Crippen LogP contribution in [0, 0.1) is 5.82 Å². The summed E-state index contributed by atoms with van der Waals surface area (Å²) in [5.74, 6) is -0.791. The highest BCUT2D eigenvalue weighted by molar-refractivity contribution is 5.94. The number of aliphatic hydroxyl groups is 1. The number of halogens is 1. The summed E-state index contributed by atoms with van der Waals surface area (Å²) in [5, 5.41) is 12.3. The van der Waals surface area contributed by atoms with E-state index in [1.54, 1.807) is 6.92 Å². The molecule has 0 aliphatic heterocycles. The van der Waals surface area contributed by atoms with Crippen molar-refractivity contribution in [2.45, 2.75) is 31.4 Å². The van der Waals surface area contributed by atoms with Crippen molar-refractivity contribution < 1.29 is 19.0 Å². The molecule has 4 nitrogen and oxygen atoms in total. The first kappa shape index (κ1) is 12.8. The third-order valence-electron chi connectivity index (χ3n) is 3.12. The average molecular weight is 253 g/mol. The smallest absolute Gasteiger partial charge is 0.251 e. The Labute approximate surface area is 105 Å². The van der Waals surface area contributed by atoms with Gasteiger partial charge in [-0.3, -0.25) is 4.79 Å². The molecule has 0 atom stereocenters. The molecule has 0 saturated heterocycles. The first-order valence-corrected chi connectivity index (χ1v) is 5.78. The Balaban J connectivity index is 1.99. The van der Waals surface area contributed by atoms with E-state index in [4.69, 9.17) is 4.74 Å². The number of hydrogen-bond acceptors (Lipinski definition) is 3. The highest BCUT2D eigenvalue weighted by Gasteiger charge is 2.39. The highest BCUT2D eigenvalue weighted by atomic mass is 19.1. The number of rotatable bonds is 3. The van der Waals surface area contributed by atoms with E-state index < -0.39 is 11.4 Å². The van der Waals surface area contributed by atoms with Gasteiger partial charge in [-0.2, -0.15) is 0 Å². The van der Waals surface area contributed by atoms with Crippen molar-refractivity contribution in [3.8, 4) is 5.75 Å². The van der Waals surface area contributed by atoms with Gasteiger partial charge in [0.05, 0.1) is 12.7 Å². The fourth-order valence-corrected chi connectivity index (χ4v) is 2.18. The largest absolute Gasteiger partial charge is 0.494 e. The molecule has 0 unspecified atom stereocenters. The Morgan fingerprint density at radius 1 is 1.56 bits per heavy atom. The monoisotopic (exact) mass is 253 g/mol. The zero-order valence-corrected chi connectivity index (χ0v) is 10.4. The molecule has 18 heavy (non-hydrogen) atoms. The van der Waals surface area contributed by atoms with Crippen LogP contribution in [0.1, 0.15) is 30.1 Å². The molecule has 0 bridgehead atoms. The van der Waals surface area contributed by atoms with E-state index in [0.29, 0.717) is 12.8 Å². The van der Waals surface area contributed by atoms with Gasteiger partial charge in [0.15, 0.2) is 11.6 Å². The van der Waals surface area contributed by atoms with E-state index in [2.05, 4.69) is 5.32 Å². The number of methoxy groups -OCH3 is 1. The summed E-state index contributed by atoms with van der Waals surface area (Å²) in [6.45, 7) is 1.72. The highest BCUT2D eigenvalue weighted by Crippen LogP contribution is 2.31. The molecule has 0 aromatic heterocycles. The van der Waals surface area contributed by atoms with Gasteiger partial charge in [-0.1, -0.05) is 0 Å². The Hall–Kier alpha value is -1.62. The van der Waals surface area contributed by atoms with Crippen molar-refractivity contribution in [3.63, 3.8) is 0 Å². The van der Waals surface area contributed by atoms with Gasteiger partial charge in [0.25, 0.3) is 5.91 Å². The second kappa shape index (κ2) is 4.57. The van der Waals surface area contributed by atoms with Gasteiger partial charge in [0.2, 0.25) is 0 Å². The minimum atomic E-state index is -0.691. The number of hydrogen-bond donors (Lipinski definition) is 2. The van der Waals surface area contributed by atoms with Crippen molar-refractivity contribution in [3.05, 3.63) is 29.6 Å². The van der Waals surface area contributed by atoms with Crippen LogP contribution in [0.3, 0.4) is 0 Å². The summed E-state index contributed by atoms with van der Waals surface area (Å²) < 4.78 is 18.2. The molecule has 98 valence electrons. The minimum Gasteiger partial charge on any atom is -0.494 e. The number of amides is 1. The molecule has 1 aliphatic carbocycles. The van der Waals surface area contributed by atoms with Gasteiger partial charge in [-0.25, -0.2) is 4.39 Å². The molecule has 2 rings (SSSR count). The van der Waals surface area contributed by atoms with Crippen molar-refractivity contribution in [2.75, 3.05) is 7.11 Å². The summed E-state index contributed by atoms with van der Waals surface area (Å²) in [4.78, 5) is 11.8. The average Bonchev–Trinajstić information content (AvgIpc) is 2.26. The number of benzene rings is 1. The SMILES string of the molecule is COc1ccc(C(=O)NC2CC(C)(O)C2)cc1F. The second-order valence-electron chi connectivity index (χ2n) is 4.92. The predicted octanol–water partition coefficient (Wildman–Crippen LogP) is 1.48. The predicted molar refractivity (Wildman–Crippen MR) is 64.1 cm³/mol. The molecular weight excluding hydrogens is 237 g/mol. The number of ether oxygens (including phenoxy) is 1. The molecule has 0 spiro atoms. The van der Waals surface area contributed by atoms with Crippen molar-refractivity contribution in [1.29, 1.82) is 0 Å². The van der Waals surface area contributed by atoms with E-state index in [1.807, 2.05) is 0 Å². The van der Waals surface area contributed by atoms with Crippen molar-refractivity contribution >= 4 is 5.91 Å². The Morgan fingerprint density at radius 3 is 2.72 bits per heavy atom. The summed E-state index contributed by atoms with van der Waals surface area (Å²) in [5.41, 5.74) is -0.442. The first-order valence-electron chi connectivity index (χ1n) is 5.78. The number of nitrogens with one attached hydrogen (secondary N) is 1. The minimum absolute atomic E-state index is 0.0438. The third-order valence-corrected chi connectivity index (χ3v) is 3.12. The molecular formula is C13H16FNO3. The van der Waals surface area contributed by atoms with Crippen molar-refractivity contribution in [2.24, 2.45) is 0 Å². The van der Waals surface area contributed by atoms with E-state index in [9.17, 15) is 14.3 Å². The van der Waals surface area contributed by atoms with Crippen LogP contribution < -0.4 is 10.1 Å². The molecule has 5 heteroatoms. The Bertz CT molecular complexity index is 465. The van der Waals surface area contributed by atoms with E-state index in [0.717, 1.165) is 6.07 Å². The molecule has 2 N–H and O–H groups in total. The summed E-state index contributed by atoms with van der Waals surface area (Å²) >= 11 is 0.